The molecule has 0 aliphatic carbocycles. The molecule has 0 saturated carbocycles. The first kappa shape index (κ1) is 25.9. The van der Waals surface area contributed by atoms with Gasteiger partial charge in [0.2, 0.25) is 5.95 Å². The zero-order valence-corrected chi connectivity index (χ0v) is 18.8. The molecule has 1 aliphatic rings. The lowest BCUT2D eigenvalue weighted by Crippen LogP contribution is -2.59. The number of hydrogen-bond donors (Lipinski definition) is 3. The number of anilines is 1. The van der Waals surface area contributed by atoms with Crippen molar-refractivity contribution in [3.8, 4) is 0 Å². The average molecular weight is 498 g/mol. The van der Waals surface area contributed by atoms with Crippen molar-refractivity contribution in [1.29, 1.82) is 5.41 Å². The van der Waals surface area contributed by atoms with Gasteiger partial charge in [0.25, 0.3) is 11.8 Å². The van der Waals surface area contributed by atoms with Crippen LogP contribution in [-0.2, 0) is 11.0 Å². The highest BCUT2D eigenvalue weighted by molar-refractivity contribution is 6.54. The molecule has 0 bridgehead atoms. The van der Waals surface area contributed by atoms with E-state index in [9.17, 15) is 26.7 Å². The highest BCUT2D eigenvalue weighted by Gasteiger charge is 2.47. The molecular formula is C21H23F5N8O. The van der Waals surface area contributed by atoms with Crippen molar-refractivity contribution in [2.45, 2.75) is 31.5 Å². The fraction of sp³-hybridized carbons (Fsp3) is 0.429. The number of alkyl halides is 5. The minimum absolute atomic E-state index is 0.0601. The molecule has 9 nitrogen and oxygen atoms in total. The molecule has 0 radical (unpaired) electrons. The zero-order valence-electron chi connectivity index (χ0n) is 18.8. The summed E-state index contributed by atoms with van der Waals surface area (Å²) in [5.41, 5.74) is -1.35. The first-order valence-electron chi connectivity index (χ1n) is 10.5. The lowest BCUT2D eigenvalue weighted by Gasteiger charge is -2.43. The van der Waals surface area contributed by atoms with Crippen LogP contribution >= 0.6 is 0 Å². The Kier molecular flexibility index (Phi) is 7.60. The molecule has 2 aromatic rings. The van der Waals surface area contributed by atoms with Crippen molar-refractivity contribution >= 4 is 23.1 Å². The second-order valence-electron chi connectivity index (χ2n) is 8.02. The summed E-state index contributed by atoms with van der Waals surface area (Å²) >= 11 is 0. The van der Waals surface area contributed by atoms with Crippen LogP contribution in [0, 0.1) is 11.3 Å². The Morgan fingerprint density at radius 3 is 2.49 bits per heavy atom. The third-order valence-electron chi connectivity index (χ3n) is 5.40. The topological polar surface area (TPSA) is 120 Å². The van der Waals surface area contributed by atoms with Gasteiger partial charge in [0.15, 0.2) is 0 Å². The monoisotopic (exact) mass is 498 g/mol. The van der Waals surface area contributed by atoms with Crippen molar-refractivity contribution in [3.05, 3.63) is 48.4 Å². The Morgan fingerprint density at radius 1 is 1.23 bits per heavy atom. The Bertz CT molecular complexity index is 1080. The van der Waals surface area contributed by atoms with Crippen LogP contribution < -0.4 is 10.6 Å². The highest BCUT2D eigenvalue weighted by Crippen LogP contribution is 2.35. The third kappa shape index (κ3) is 6.25. The van der Waals surface area contributed by atoms with Crippen LogP contribution in [0.15, 0.2) is 37.2 Å². The minimum Gasteiger partial charge on any atom is -0.393 e. The molecule has 1 aliphatic heterocycles. The first-order chi connectivity index (χ1) is 16.4. The first-order valence-corrected chi connectivity index (χ1v) is 10.5. The quantitative estimate of drug-likeness (QED) is 0.397. The van der Waals surface area contributed by atoms with Gasteiger partial charge in [0.05, 0.1) is 30.0 Å². The second kappa shape index (κ2) is 10.3. The summed E-state index contributed by atoms with van der Waals surface area (Å²) in [7, 11) is 1.54. The van der Waals surface area contributed by atoms with Crippen molar-refractivity contribution in [1.82, 2.24) is 30.2 Å². The second-order valence-corrected chi connectivity index (χ2v) is 8.02. The number of nitrogens with zero attached hydrogens (tertiary/aromatic N) is 5. The van der Waals surface area contributed by atoms with Gasteiger partial charge in [-0.2, -0.15) is 13.2 Å². The fourth-order valence-electron chi connectivity index (χ4n) is 3.76. The lowest BCUT2D eigenvalue weighted by atomic mass is 9.87. The van der Waals surface area contributed by atoms with Crippen molar-refractivity contribution in [2.24, 2.45) is 5.92 Å². The summed E-state index contributed by atoms with van der Waals surface area (Å²) in [5, 5.41) is 13.8. The number of carbonyl (C=O) groups excluding carboxylic acids is 1. The summed E-state index contributed by atoms with van der Waals surface area (Å²) in [6.45, 7) is 0.494. The van der Waals surface area contributed by atoms with Gasteiger partial charge in [0, 0.05) is 56.6 Å². The zero-order chi connectivity index (χ0) is 25.8. The van der Waals surface area contributed by atoms with Gasteiger partial charge in [-0.1, -0.05) is 6.92 Å². The van der Waals surface area contributed by atoms with E-state index in [4.69, 9.17) is 5.41 Å². The van der Waals surface area contributed by atoms with Crippen LogP contribution in [0.5, 0.6) is 0 Å². The van der Waals surface area contributed by atoms with Crippen molar-refractivity contribution in [2.75, 3.05) is 25.5 Å². The highest BCUT2D eigenvalue weighted by atomic mass is 19.4. The number of carbonyl (C=O) groups is 1. The molecule has 0 aromatic carbocycles. The molecule has 188 valence electrons. The summed E-state index contributed by atoms with van der Waals surface area (Å²) in [6, 6.07) is -0.814. The summed E-state index contributed by atoms with van der Waals surface area (Å²) < 4.78 is 67.0. The molecule has 1 unspecified atom stereocenters. The number of piperidine rings is 1. The minimum atomic E-state index is -4.60. The summed E-state index contributed by atoms with van der Waals surface area (Å²) in [6.07, 6.45) is 1.54. The van der Waals surface area contributed by atoms with Crippen LogP contribution in [0.3, 0.4) is 0 Å². The SMILES string of the molecule is CN/C=C(\C(=N)C(=O)N1CC(F)(F)C[C@@H](C)C1CNc1ncc(C(F)(F)F)cn1)c1cnccn1. The van der Waals surface area contributed by atoms with Gasteiger partial charge in [-0.05, 0) is 5.92 Å². The summed E-state index contributed by atoms with van der Waals surface area (Å²) in [5.74, 6) is -4.99. The Labute approximate surface area is 197 Å². The normalized spacial score (nSPS) is 20.3. The molecule has 2 aromatic heterocycles. The van der Waals surface area contributed by atoms with E-state index in [0.29, 0.717) is 12.4 Å². The number of nitrogens with one attached hydrogen (secondary N) is 3. The van der Waals surface area contributed by atoms with Gasteiger partial charge in [-0.15, -0.1) is 0 Å². The van der Waals surface area contributed by atoms with Gasteiger partial charge in [-0.25, -0.2) is 18.7 Å². The van der Waals surface area contributed by atoms with E-state index >= 15 is 0 Å². The maximum absolute atomic E-state index is 14.4. The molecule has 1 fully saturated rings. The van der Waals surface area contributed by atoms with E-state index in [1.807, 2.05) is 0 Å². The largest absolute Gasteiger partial charge is 0.419 e. The Morgan fingerprint density at radius 2 is 1.91 bits per heavy atom. The molecule has 1 amide bonds. The van der Waals surface area contributed by atoms with E-state index in [2.05, 4.69) is 30.6 Å². The molecule has 3 heterocycles. The molecule has 35 heavy (non-hydrogen) atoms. The van der Waals surface area contributed by atoms with E-state index in [1.54, 1.807) is 7.05 Å². The Hall–Kier alpha value is -3.71. The predicted molar refractivity (Wildman–Crippen MR) is 117 cm³/mol. The standard InChI is InChI=1S/C21H23F5N8O/c1-12-5-20(22,23)11-34(16(12)10-33-19-31-6-13(7-32-19)21(24,25)26)18(35)17(27)14(8-28-2)15-9-29-3-4-30-15/h3-4,6-9,12,16,27-28H,5,10-11H2,1-2H3,(H,31,32,33)/b14-8-,27-17?/t12-,16?/m1/s1. The van der Waals surface area contributed by atoms with Crippen LogP contribution in [0.2, 0.25) is 0 Å². The van der Waals surface area contributed by atoms with E-state index in [-0.39, 0.29) is 23.8 Å². The number of amides is 1. The number of rotatable bonds is 7. The molecule has 1 saturated heterocycles. The van der Waals surface area contributed by atoms with Gasteiger partial charge >= 0.3 is 6.18 Å². The lowest BCUT2D eigenvalue weighted by molar-refractivity contribution is -0.145. The van der Waals surface area contributed by atoms with E-state index in [1.165, 1.54) is 31.7 Å². The van der Waals surface area contributed by atoms with E-state index in [0.717, 1.165) is 4.90 Å². The molecular weight excluding hydrogens is 475 g/mol. The average Bonchev–Trinajstić information content (AvgIpc) is 2.80. The summed E-state index contributed by atoms with van der Waals surface area (Å²) in [4.78, 5) is 29.4. The number of hydrogen-bond acceptors (Lipinski definition) is 8. The third-order valence-corrected chi connectivity index (χ3v) is 5.40. The van der Waals surface area contributed by atoms with Gasteiger partial charge in [-0.3, -0.25) is 20.2 Å². The number of halogens is 5. The number of likely N-dealkylation sites (tertiary alicyclic amines) is 1. The maximum atomic E-state index is 14.4. The van der Waals surface area contributed by atoms with Crippen LogP contribution in [-0.4, -0.2) is 68.6 Å². The smallest absolute Gasteiger partial charge is 0.393 e. The van der Waals surface area contributed by atoms with E-state index < -0.39 is 54.2 Å². The maximum Gasteiger partial charge on any atom is 0.419 e. The van der Waals surface area contributed by atoms with Crippen LogP contribution in [0.4, 0.5) is 27.9 Å². The predicted octanol–water partition coefficient (Wildman–Crippen LogP) is 2.85. The van der Waals surface area contributed by atoms with Crippen molar-refractivity contribution < 1.29 is 26.7 Å². The molecule has 3 rings (SSSR count). The molecule has 2 atom stereocenters. The number of aromatic nitrogens is 4. The van der Waals surface area contributed by atoms with Crippen LogP contribution in [0.25, 0.3) is 5.57 Å². The fourth-order valence-corrected chi connectivity index (χ4v) is 3.76. The molecule has 14 heteroatoms. The Balaban J connectivity index is 1.83. The molecule has 3 N–H and O–H groups in total. The molecule has 0 spiro atoms. The van der Waals surface area contributed by atoms with Gasteiger partial charge in [0.1, 0.15) is 5.71 Å². The van der Waals surface area contributed by atoms with Crippen molar-refractivity contribution in [3.63, 3.8) is 0 Å². The van der Waals surface area contributed by atoms with Gasteiger partial charge < -0.3 is 15.5 Å². The van der Waals surface area contributed by atoms with Crippen LogP contribution in [0.1, 0.15) is 24.6 Å².